The van der Waals surface area contributed by atoms with E-state index >= 15 is 0 Å². The van der Waals surface area contributed by atoms with Crippen molar-refractivity contribution in [3.8, 4) is 0 Å². The third-order valence-electron chi connectivity index (χ3n) is 3.12. The van der Waals surface area contributed by atoms with Gasteiger partial charge in [-0.2, -0.15) is 0 Å². The van der Waals surface area contributed by atoms with Crippen LogP contribution in [0.3, 0.4) is 0 Å². The zero-order valence-corrected chi connectivity index (χ0v) is 14.3. The van der Waals surface area contributed by atoms with Crippen LogP contribution in [-0.2, 0) is 0 Å². The lowest BCUT2D eigenvalue weighted by Crippen LogP contribution is -2.43. The van der Waals surface area contributed by atoms with Crippen LogP contribution in [0.15, 0.2) is 36.4 Å². The summed E-state index contributed by atoms with van der Waals surface area (Å²) in [5.74, 6) is -0.623. The topological polar surface area (TPSA) is 113 Å². The largest absolute Gasteiger partial charge is 0.337 e. The molecule has 3 N–H and O–H groups in total. The molecule has 0 saturated heterocycles. The molecular formula is C15H12Cl2N4O4. The van der Waals surface area contributed by atoms with E-state index in [4.69, 9.17) is 23.2 Å². The minimum absolute atomic E-state index is 0.0955. The summed E-state index contributed by atoms with van der Waals surface area (Å²) in [6.07, 6.45) is 0. The molecule has 2 rings (SSSR count). The number of hydrazine groups is 1. The van der Waals surface area contributed by atoms with E-state index in [0.717, 1.165) is 0 Å². The van der Waals surface area contributed by atoms with E-state index in [-0.39, 0.29) is 16.3 Å². The number of hydrogen-bond donors (Lipinski definition) is 3. The van der Waals surface area contributed by atoms with Crippen molar-refractivity contribution in [1.82, 2.24) is 10.9 Å². The molecule has 0 spiro atoms. The van der Waals surface area contributed by atoms with Gasteiger partial charge in [-0.15, -0.1) is 0 Å². The van der Waals surface area contributed by atoms with Gasteiger partial charge in [0.05, 0.1) is 15.0 Å². The van der Waals surface area contributed by atoms with Crippen molar-refractivity contribution in [2.75, 3.05) is 5.32 Å². The number of nitro benzene ring substituents is 1. The normalized spacial score (nSPS) is 10.0. The summed E-state index contributed by atoms with van der Waals surface area (Å²) < 4.78 is 0. The summed E-state index contributed by atoms with van der Waals surface area (Å²) in [5, 5.41) is 13.8. The maximum absolute atomic E-state index is 12.0. The number of amides is 3. The number of hydrogen-bond acceptors (Lipinski definition) is 4. The highest BCUT2D eigenvalue weighted by molar-refractivity contribution is 6.42. The highest BCUT2D eigenvalue weighted by atomic mass is 35.5. The van der Waals surface area contributed by atoms with Gasteiger partial charge in [0.15, 0.2) is 0 Å². The molecule has 0 unspecified atom stereocenters. The number of carbonyl (C=O) groups is 2. The van der Waals surface area contributed by atoms with E-state index in [1.54, 1.807) is 0 Å². The number of urea groups is 1. The van der Waals surface area contributed by atoms with Gasteiger partial charge in [0.2, 0.25) is 0 Å². The predicted octanol–water partition coefficient (Wildman–Crippen LogP) is 3.68. The van der Waals surface area contributed by atoms with Crippen LogP contribution >= 0.6 is 23.2 Å². The summed E-state index contributed by atoms with van der Waals surface area (Å²) in [4.78, 5) is 33.9. The van der Waals surface area contributed by atoms with Gasteiger partial charge in [-0.1, -0.05) is 23.2 Å². The first-order chi connectivity index (χ1) is 11.8. The van der Waals surface area contributed by atoms with Gasteiger partial charge in [-0.05, 0) is 37.3 Å². The molecule has 0 fully saturated rings. The molecule has 130 valence electrons. The molecule has 0 bridgehead atoms. The fourth-order valence-corrected chi connectivity index (χ4v) is 2.22. The number of nitrogens with one attached hydrogen (secondary N) is 3. The van der Waals surface area contributed by atoms with Gasteiger partial charge in [0.1, 0.15) is 0 Å². The van der Waals surface area contributed by atoms with Crippen LogP contribution < -0.4 is 16.2 Å². The lowest BCUT2D eigenvalue weighted by Gasteiger charge is -2.10. The molecule has 25 heavy (non-hydrogen) atoms. The summed E-state index contributed by atoms with van der Waals surface area (Å²) >= 11 is 11.6. The lowest BCUT2D eigenvalue weighted by molar-refractivity contribution is -0.385. The van der Waals surface area contributed by atoms with E-state index in [2.05, 4.69) is 16.2 Å². The predicted molar refractivity (Wildman–Crippen MR) is 93.9 cm³/mol. The molecule has 10 heteroatoms. The fraction of sp³-hybridized carbons (Fsp3) is 0.0667. The van der Waals surface area contributed by atoms with E-state index < -0.39 is 16.9 Å². The maximum Gasteiger partial charge on any atom is 0.337 e. The number of aryl methyl sites for hydroxylation is 1. The highest BCUT2D eigenvalue weighted by Crippen LogP contribution is 2.24. The van der Waals surface area contributed by atoms with Crippen molar-refractivity contribution in [2.24, 2.45) is 0 Å². The Hall–Kier alpha value is -2.84. The molecule has 2 aromatic rings. The Balaban J connectivity index is 1.95. The second kappa shape index (κ2) is 7.82. The monoisotopic (exact) mass is 382 g/mol. The average molecular weight is 383 g/mol. The van der Waals surface area contributed by atoms with E-state index in [1.165, 1.54) is 43.3 Å². The molecule has 0 atom stereocenters. The molecule has 0 heterocycles. The van der Waals surface area contributed by atoms with Crippen molar-refractivity contribution in [1.29, 1.82) is 0 Å². The van der Waals surface area contributed by atoms with Crippen LogP contribution in [-0.4, -0.2) is 16.9 Å². The molecule has 8 nitrogen and oxygen atoms in total. The Morgan fingerprint density at radius 1 is 1.04 bits per heavy atom. The number of nitro groups is 1. The zero-order valence-electron chi connectivity index (χ0n) is 12.8. The minimum Gasteiger partial charge on any atom is -0.307 e. The standard InChI is InChI=1S/C15H12Cl2N4O4/c1-8-6-9(2-5-13(8)21(24)25)14(22)19-20-15(23)18-10-3-4-11(16)12(17)7-10/h2-7H,1H3,(H,19,22)(H2,18,20,23). The third kappa shape index (κ3) is 4.82. The Morgan fingerprint density at radius 2 is 1.76 bits per heavy atom. The maximum atomic E-state index is 12.0. The molecule has 0 aliphatic heterocycles. The van der Waals surface area contributed by atoms with Crippen molar-refractivity contribution < 1.29 is 14.5 Å². The molecule has 3 amide bonds. The van der Waals surface area contributed by atoms with Gasteiger partial charge >= 0.3 is 6.03 Å². The van der Waals surface area contributed by atoms with Gasteiger partial charge in [0.25, 0.3) is 11.6 Å². The van der Waals surface area contributed by atoms with Gasteiger partial charge in [-0.3, -0.25) is 20.3 Å². The van der Waals surface area contributed by atoms with Crippen molar-refractivity contribution in [3.05, 3.63) is 67.7 Å². The second-order valence-electron chi connectivity index (χ2n) is 4.92. The second-order valence-corrected chi connectivity index (χ2v) is 5.73. The molecule has 2 aromatic carbocycles. The lowest BCUT2D eigenvalue weighted by atomic mass is 10.1. The first kappa shape index (κ1) is 18.5. The van der Waals surface area contributed by atoms with Gasteiger partial charge in [-0.25, -0.2) is 10.2 Å². The van der Waals surface area contributed by atoms with E-state index in [0.29, 0.717) is 16.3 Å². The van der Waals surface area contributed by atoms with Crippen molar-refractivity contribution >= 4 is 46.5 Å². The van der Waals surface area contributed by atoms with Crippen LogP contribution in [0.4, 0.5) is 16.2 Å². The fourth-order valence-electron chi connectivity index (χ4n) is 1.92. The number of halogens is 2. The third-order valence-corrected chi connectivity index (χ3v) is 3.86. The van der Waals surface area contributed by atoms with Crippen LogP contribution in [0.1, 0.15) is 15.9 Å². The van der Waals surface area contributed by atoms with E-state index in [1.807, 2.05) is 0 Å². The first-order valence-electron chi connectivity index (χ1n) is 6.85. The molecular weight excluding hydrogens is 371 g/mol. The molecule has 0 saturated carbocycles. The van der Waals surface area contributed by atoms with Crippen molar-refractivity contribution in [2.45, 2.75) is 6.92 Å². The van der Waals surface area contributed by atoms with Gasteiger partial charge in [0, 0.05) is 22.9 Å². The highest BCUT2D eigenvalue weighted by Gasteiger charge is 2.14. The Morgan fingerprint density at radius 3 is 2.36 bits per heavy atom. The SMILES string of the molecule is Cc1cc(C(=O)NNC(=O)Nc2ccc(Cl)c(Cl)c2)ccc1[N+](=O)[O-]. The number of benzene rings is 2. The Labute approximate surface area is 152 Å². The van der Waals surface area contributed by atoms with Crippen LogP contribution in [0.2, 0.25) is 10.0 Å². The van der Waals surface area contributed by atoms with Crippen LogP contribution in [0.5, 0.6) is 0 Å². The molecule has 0 radical (unpaired) electrons. The van der Waals surface area contributed by atoms with Crippen molar-refractivity contribution in [3.63, 3.8) is 0 Å². The number of carbonyl (C=O) groups excluding carboxylic acids is 2. The summed E-state index contributed by atoms with van der Waals surface area (Å²) in [7, 11) is 0. The smallest absolute Gasteiger partial charge is 0.307 e. The zero-order chi connectivity index (χ0) is 18.6. The number of rotatable bonds is 3. The van der Waals surface area contributed by atoms with E-state index in [9.17, 15) is 19.7 Å². The molecule has 0 aromatic heterocycles. The van der Waals surface area contributed by atoms with Gasteiger partial charge < -0.3 is 5.32 Å². The molecule has 0 aliphatic carbocycles. The number of anilines is 1. The summed E-state index contributed by atoms with van der Waals surface area (Å²) in [5.41, 5.74) is 5.13. The minimum atomic E-state index is -0.703. The Bertz CT molecular complexity index is 857. The average Bonchev–Trinajstić information content (AvgIpc) is 2.55. The summed E-state index contributed by atoms with van der Waals surface area (Å²) in [6, 6.07) is 7.66. The van der Waals surface area contributed by atoms with Crippen LogP contribution in [0.25, 0.3) is 0 Å². The first-order valence-corrected chi connectivity index (χ1v) is 7.61. The number of nitrogens with zero attached hydrogens (tertiary/aromatic N) is 1. The Kier molecular flexibility index (Phi) is 5.79. The summed E-state index contributed by atoms with van der Waals surface area (Å²) in [6.45, 7) is 1.51. The molecule has 0 aliphatic rings. The quantitative estimate of drug-likeness (QED) is 0.554. The van der Waals surface area contributed by atoms with Crippen LogP contribution in [0, 0.1) is 17.0 Å².